The zero-order chi connectivity index (χ0) is 13.7. The van der Waals surface area contributed by atoms with Gasteiger partial charge in [0, 0.05) is 23.3 Å². The number of halogens is 1. The van der Waals surface area contributed by atoms with Gasteiger partial charge < -0.3 is 9.88 Å². The van der Waals surface area contributed by atoms with Gasteiger partial charge in [-0.25, -0.2) is 0 Å². The lowest BCUT2D eigenvalue weighted by atomic mass is 9.89. The molecule has 0 radical (unpaired) electrons. The largest absolute Gasteiger partial charge is 0.354 e. The third-order valence-electron chi connectivity index (χ3n) is 3.57. The first-order chi connectivity index (χ1) is 9.15. The zero-order valence-electron chi connectivity index (χ0n) is 10.9. The van der Waals surface area contributed by atoms with E-state index >= 15 is 0 Å². The molecule has 0 spiro atoms. The Labute approximate surface area is 121 Å². The lowest BCUT2D eigenvalue weighted by Crippen LogP contribution is -2.35. The summed E-state index contributed by atoms with van der Waals surface area (Å²) >= 11 is 3.30. The molecular formula is C14H19BrN2O2. The fourth-order valence-electron chi connectivity index (χ4n) is 2.49. The van der Waals surface area contributed by atoms with Gasteiger partial charge in [-0.2, -0.15) is 0 Å². The van der Waals surface area contributed by atoms with Crippen molar-refractivity contribution in [3.8, 4) is 0 Å². The maximum Gasteiger partial charge on any atom is 0.251 e. The number of nitrogens with one attached hydrogen (secondary N) is 1. The molecule has 0 aromatic carbocycles. The number of amides is 1. The third kappa shape index (κ3) is 4.49. The van der Waals surface area contributed by atoms with E-state index < -0.39 is 0 Å². The number of pyridine rings is 1. The standard InChI is InChI=1S/C14H19BrN2O2/c15-12-6-7-14(19)17(9-12)10-13(18)16-8-11-4-2-1-3-5-11/h6-7,9,11H,1-5,8,10H2,(H,16,18). The average Bonchev–Trinajstić information content (AvgIpc) is 2.42. The highest BCUT2D eigenvalue weighted by Gasteiger charge is 2.14. The second kappa shape index (κ2) is 6.89. The first-order valence-electron chi connectivity index (χ1n) is 6.78. The van der Waals surface area contributed by atoms with Gasteiger partial charge in [-0.15, -0.1) is 0 Å². The van der Waals surface area contributed by atoms with Gasteiger partial charge in [0.15, 0.2) is 0 Å². The molecule has 0 bridgehead atoms. The summed E-state index contributed by atoms with van der Waals surface area (Å²) in [5.74, 6) is 0.516. The van der Waals surface area contributed by atoms with Crippen LogP contribution in [0.15, 0.2) is 27.6 Å². The molecule has 1 saturated carbocycles. The van der Waals surface area contributed by atoms with Crippen molar-refractivity contribution in [2.45, 2.75) is 38.6 Å². The molecule has 19 heavy (non-hydrogen) atoms. The molecule has 1 aromatic rings. The minimum Gasteiger partial charge on any atom is -0.354 e. The van der Waals surface area contributed by atoms with Crippen molar-refractivity contribution in [2.75, 3.05) is 6.54 Å². The van der Waals surface area contributed by atoms with Crippen molar-refractivity contribution < 1.29 is 4.79 Å². The maximum atomic E-state index is 11.8. The third-order valence-corrected chi connectivity index (χ3v) is 4.04. The average molecular weight is 327 g/mol. The highest BCUT2D eigenvalue weighted by molar-refractivity contribution is 9.10. The molecule has 1 aliphatic carbocycles. The molecule has 1 fully saturated rings. The summed E-state index contributed by atoms with van der Waals surface area (Å²) < 4.78 is 2.22. The van der Waals surface area contributed by atoms with Gasteiger partial charge in [-0.05, 0) is 40.8 Å². The smallest absolute Gasteiger partial charge is 0.251 e. The molecule has 1 heterocycles. The number of hydrogen-bond donors (Lipinski definition) is 1. The molecule has 1 N–H and O–H groups in total. The van der Waals surface area contributed by atoms with Gasteiger partial charge in [-0.3, -0.25) is 9.59 Å². The Morgan fingerprint density at radius 2 is 2.05 bits per heavy atom. The van der Waals surface area contributed by atoms with Crippen molar-refractivity contribution in [1.82, 2.24) is 9.88 Å². The van der Waals surface area contributed by atoms with Gasteiger partial charge in [0.2, 0.25) is 5.91 Å². The van der Waals surface area contributed by atoms with Crippen LogP contribution in [0, 0.1) is 5.92 Å². The van der Waals surface area contributed by atoms with Crippen molar-refractivity contribution in [1.29, 1.82) is 0 Å². The fraction of sp³-hybridized carbons (Fsp3) is 0.571. The number of rotatable bonds is 4. The molecule has 0 aliphatic heterocycles. The van der Waals surface area contributed by atoms with Crippen LogP contribution in [-0.4, -0.2) is 17.0 Å². The van der Waals surface area contributed by atoms with Crippen LogP contribution in [0.1, 0.15) is 32.1 Å². The Hall–Kier alpha value is -1.10. The van der Waals surface area contributed by atoms with E-state index in [1.807, 2.05) is 0 Å². The quantitative estimate of drug-likeness (QED) is 0.923. The molecule has 1 aromatic heterocycles. The number of carbonyl (C=O) groups excluding carboxylic acids is 1. The van der Waals surface area contributed by atoms with Crippen LogP contribution in [0.5, 0.6) is 0 Å². The molecule has 1 amide bonds. The summed E-state index contributed by atoms with van der Waals surface area (Å²) in [4.78, 5) is 23.4. The highest BCUT2D eigenvalue weighted by atomic mass is 79.9. The summed E-state index contributed by atoms with van der Waals surface area (Å²) in [5, 5.41) is 2.93. The SMILES string of the molecule is O=C(Cn1cc(Br)ccc1=O)NCC1CCCCC1. The van der Waals surface area contributed by atoms with Crippen LogP contribution in [-0.2, 0) is 11.3 Å². The monoisotopic (exact) mass is 326 g/mol. The predicted molar refractivity (Wildman–Crippen MR) is 78.0 cm³/mol. The van der Waals surface area contributed by atoms with E-state index in [-0.39, 0.29) is 18.0 Å². The predicted octanol–water partition coefficient (Wildman–Crippen LogP) is 2.31. The Balaban J connectivity index is 1.83. The van der Waals surface area contributed by atoms with Crippen LogP contribution in [0.25, 0.3) is 0 Å². The van der Waals surface area contributed by atoms with Crippen LogP contribution in [0.3, 0.4) is 0 Å². The van der Waals surface area contributed by atoms with Crippen molar-refractivity contribution in [2.24, 2.45) is 5.92 Å². The number of hydrogen-bond acceptors (Lipinski definition) is 2. The summed E-state index contributed by atoms with van der Waals surface area (Å²) in [5.41, 5.74) is -0.156. The van der Waals surface area contributed by atoms with E-state index in [1.165, 1.54) is 42.7 Å². The van der Waals surface area contributed by atoms with Gasteiger partial charge in [0.25, 0.3) is 5.56 Å². The molecule has 4 nitrogen and oxygen atoms in total. The zero-order valence-corrected chi connectivity index (χ0v) is 12.5. The summed E-state index contributed by atoms with van der Waals surface area (Å²) in [6, 6.07) is 3.14. The lowest BCUT2D eigenvalue weighted by Gasteiger charge is -2.21. The first-order valence-corrected chi connectivity index (χ1v) is 7.57. The van der Waals surface area contributed by atoms with Gasteiger partial charge in [0.05, 0.1) is 0 Å². The molecule has 5 heteroatoms. The lowest BCUT2D eigenvalue weighted by molar-refractivity contribution is -0.121. The first kappa shape index (κ1) is 14.3. The number of carbonyl (C=O) groups is 1. The normalized spacial score (nSPS) is 16.3. The molecular weight excluding hydrogens is 308 g/mol. The van der Waals surface area contributed by atoms with E-state index in [0.717, 1.165) is 11.0 Å². The van der Waals surface area contributed by atoms with E-state index in [2.05, 4.69) is 21.2 Å². The Morgan fingerprint density at radius 1 is 1.32 bits per heavy atom. The molecule has 0 atom stereocenters. The Bertz CT molecular complexity index is 492. The van der Waals surface area contributed by atoms with Gasteiger partial charge >= 0.3 is 0 Å². The fourth-order valence-corrected chi connectivity index (χ4v) is 2.87. The molecule has 0 saturated heterocycles. The summed E-state index contributed by atoms with van der Waals surface area (Å²) in [6.07, 6.45) is 7.91. The Kier molecular flexibility index (Phi) is 5.19. The molecule has 0 unspecified atom stereocenters. The second-order valence-electron chi connectivity index (χ2n) is 5.12. The molecule has 2 rings (SSSR count). The number of nitrogens with zero attached hydrogens (tertiary/aromatic N) is 1. The second-order valence-corrected chi connectivity index (χ2v) is 6.04. The summed E-state index contributed by atoms with van der Waals surface area (Å²) in [7, 11) is 0. The van der Waals surface area contributed by atoms with Crippen LogP contribution in [0.2, 0.25) is 0 Å². The number of aromatic nitrogens is 1. The van der Waals surface area contributed by atoms with Crippen molar-refractivity contribution in [3.63, 3.8) is 0 Å². The maximum absolute atomic E-state index is 11.8. The molecule has 1 aliphatic rings. The van der Waals surface area contributed by atoms with E-state index in [9.17, 15) is 9.59 Å². The van der Waals surface area contributed by atoms with Crippen molar-refractivity contribution >= 4 is 21.8 Å². The van der Waals surface area contributed by atoms with E-state index in [4.69, 9.17) is 0 Å². The summed E-state index contributed by atoms with van der Waals surface area (Å²) in [6.45, 7) is 0.826. The minimum atomic E-state index is -0.156. The van der Waals surface area contributed by atoms with Crippen LogP contribution >= 0.6 is 15.9 Å². The topological polar surface area (TPSA) is 51.1 Å². The van der Waals surface area contributed by atoms with E-state index in [1.54, 1.807) is 12.3 Å². The van der Waals surface area contributed by atoms with Crippen molar-refractivity contribution in [3.05, 3.63) is 33.2 Å². The van der Waals surface area contributed by atoms with Gasteiger partial charge in [0.1, 0.15) is 6.54 Å². The van der Waals surface area contributed by atoms with E-state index in [0.29, 0.717) is 5.92 Å². The van der Waals surface area contributed by atoms with Gasteiger partial charge in [-0.1, -0.05) is 19.3 Å². The van der Waals surface area contributed by atoms with Crippen LogP contribution < -0.4 is 10.9 Å². The highest BCUT2D eigenvalue weighted by Crippen LogP contribution is 2.22. The Morgan fingerprint density at radius 3 is 2.79 bits per heavy atom. The minimum absolute atomic E-state index is 0.0883. The van der Waals surface area contributed by atoms with Crippen LogP contribution in [0.4, 0.5) is 0 Å². The molecule has 104 valence electrons.